The Labute approximate surface area is 121 Å². The van der Waals surface area contributed by atoms with Crippen LogP contribution in [0, 0.1) is 5.82 Å². The van der Waals surface area contributed by atoms with Crippen LogP contribution in [0.25, 0.3) is 0 Å². The highest BCUT2D eigenvalue weighted by Crippen LogP contribution is 2.19. The molecule has 1 heterocycles. The van der Waals surface area contributed by atoms with Crippen LogP contribution in [0.5, 0.6) is 0 Å². The van der Waals surface area contributed by atoms with Crippen LogP contribution >= 0.6 is 0 Å². The summed E-state index contributed by atoms with van der Waals surface area (Å²) in [5, 5.41) is 13.8. The molecule has 0 saturated carbocycles. The van der Waals surface area contributed by atoms with Gasteiger partial charge in [0.25, 0.3) is 0 Å². The number of carbonyl (C=O) groups is 1. The molecule has 1 aliphatic heterocycles. The highest BCUT2D eigenvalue weighted by atomic mass is 19.1. The van der Waals surface area contributed by atoms with Gasteiger partial charge in [-0.2, -0.15) is 0 Å². The smallest absolute Gasteiger partial charge is 0.224 e. The molecule has 1 aromatic rings. The molecule has 1 fully saturated rings. The Morgan fingerprint density at radius 1 is 1.57 bits per heavy atom. The van der Waals surface area contributed by atoms with E-state index in [2.05, 4.69) is 10.5 Å². The molecule has 0 bridgehead atoms. The van der Waals surface area contributed by atoms with Crippen LogP contribution in [0.4, 0.5) is 10.1 Å². The standard InChI is InChI=1S/C14H18FN3O3/c15-11-8-9(14(16)18-20)3-5-12(11)17-13(19)6-4-10-2-1-7-21-10/h3,5,8,10,20H,1-2,4,6-7H2,(H2,16,18)(H,17,19). The van der Waals surface area contributed by atoms with E-state index in [4.69, 9.17) is 15.7 Å². The molecule has 1 aliphatic rings. The number of nitrogens with zero attached hydrogens (tertiary/aromatic N) is 1. The van der Waals surface area contributed by atoms with Crippen molar-refractivity contribution in [3.05, 3.63) is 29.6 Å². The van der Waals surface area contributed by atoms with Gasteiger partial charge in [0.2, 0.25) is 5.91 Å². The number of hydrogen-bond donors (Lipinski definition) is 3. The molecule has 7 heteroatoms. The lowest BCUT2D eigenvalue weighted by atomic mass is 10.1. The van der Waals surface area contributed by atoms with E-state index >= 15 is 0 Å². The second-order valence-electron chi connectivity index (χ2n) is 4.90. The van der Waals surface area contributed by atoms with Crippen LogP contribution in [0.3, 0.4) is 0 Å². The number of rotatable bonds is 5. The van der Waals surface area contributed by atoms with Gasteiger partial charge in [-0.15, -0.1) is 0 Å². The lowest BCUT2D eigenvalue weighted by Crippen LogP contribution is -2.17. The molecule has 2 rings (SSSR count). The summed E-state index contributed by atoms with van der Waals surface area (Å²) in [6.45, 7) is 0.746. The minimum atomic E-state index is -0.635. The SMILES string of the molecule is N/C(=N/O)c1ccc(NC(=O)CCC2CCCO2)c(F)c1. The summed E-state index contributed by atoms with van der Waals surface area (Å²) in [5.74, 6) is -1.09. The molecule has 0 spiro atoms. The molecule has 21 heavy (non-hydrogen) atoms. The van der Waals surface area contributed by atoms with Gasteiger partial charge < -0.3 is 21.0 Å². The zero-order valence-electron chi connectivity index (χ0n) is 11.5. The summed E-state index contributed by atoms with van der Waals surface area (Å²) < 4.78 is 19.2. The average molecular weight is 295 g/mol. The minimum absolute atomic E-state index is 0.0711. The molecule has 4 N–H and O–H groups in total. The summed E-state index contributed by atoms with van der Waals surface area (Å²) in [7, 11) is 0. The maximum atomic E-state index is 13.8. The number of oxime groups is 1. The van der Waals surface area contributed by atoms with Gasteiger partial charge in [-0.3, -0.25) is 4.79 Å². The molecule has 1 amide bonds. The number of hydrogen-bond acceptors (Lipinski definition) is 4. The van der Waals surface area contributed by atoms with E-state index < -0.39 is 5.82 Å². The highest BCUT2D eigenvalue weighted by Gasteiger charge is 2.17. The first kappa shape index (κ1) is 15.2. The molecule has 1 aromatic carbocycles. The number of benzene rings is 1. The highest BCUT2D eigenvalue weighted by molar-refractivity contribution is 5.98. The van der Waals surface area contributed by atoms with Crippen molar-refractivity contribution in [2.24, 2.45) is 10.9 Å². The average Bonchev–Trinajstić information content (AvgIpc) is 2.99. The number of nitrogens with one attached hydrogen (secondary N) is 1. The first-order chi connectivity index (χ1) is 10.1. The zero-order valence-corrected chi connectivity index (χ0v) is 11.5. The monoisotopic (exact) mass is 295 g/mol. The normalized spacial score (nSPS) is 18.7. The summed E-state index contributed by atoms with van der Waals surface area (Å²) >= 11 is 0. The van der Waals surface area contributed by atoms with E-state index in [1.165, 1.54) is 12.1 Å². The maximum absolute atomic E-state index is 13.8. The van der Waals surface area contributed by atoms with Gasteiger partial charge in [-0.1, -0.05) is 5.16 Å². The Hall–Kier alpha value is -2.15. The van der Waals surface area contributed by atoms with E-state index in [1.54, 1.807) is 0 Å². The lowest BCUT2D eigenvalue weighted by molar-refractivity contribution is -0.116. The van der Waals surface area contributed by atoms with Crippen LogP contribution in [0.1, 0.15) is 31.2 Å². The van der Waals surface area contributed by atoms with Crippen molar-refractivity contribution >= 4 is 17.4 Å². The second kappa shape index (κ2) is 7.03. The summed E-state index contributed by atoms with van der Waals surface area (Å²) in [5.41, 5.74) is 5.68. The Morgan fingerprint density at radius 3 is 3.00 bits per heavy atom. The number of amidine groups is 1. The van der Waals surface area contributed by atoms with Crippen LogP contribution in [0.2, 0.25) is 0 Å². The number of nitrogens with two attached hydrogens (primary N) is 1. The first-order valence-corrected chi connectivity index (χ1v) is 6.79. The Morgan fingerprint density at radius 2 is 2.38 bits per heavy atom. The van der Waals surface area contributed by atoms with Gasteiger partial charge in [0.1, 0.15) is 5.82 Å². The Balaban J connectivity index is 1.91. The van der Waals surface area contributed by atoms with Crippen LogP contribution in [0.15, 0.2) is 23.4 Å². The molecule has 0 radical (unpaired) electrons. The van der Waals surface area contributed by atoms with Crippen LogP contribution in [-0.2, 0) is 9.53 Å². The Kier molecular flexibility index (Phi) is 5.10. The number of ether oxygens (including phenoxy) is 1. The third-order valence-corrected chi connectivity index (χ3v) is 3.36. The summed E-state index contributed by atoms with van der Waals surface area (Å²) in [6, 6.07) is 3.95. The summed E-state index contributed by atoms with van der Waals surface area (Å²) in [4.78, 5) is 11.8. The van der Waals surface area contributed by atoms with Gasteiger partial charge in [0, 0.05) is 18.6 Å². The molecule has 1 atom stereocenters. The van der Waals surface area contributed by atoms with Gasteiger partial charge in [0.15, 0.2) is 5.84 Å². The molecule has 0 aromatic heterocycles. The predicted molar refractivity (Wildman–Crippen MR) is 75.7 cm³/mol. The minimum Gasteiger partial charge on any atom is -0.409 e. The molecule has 114 valence electrons. The van der Waals surface area contributed by atoms with Crippen LogP contribution < -0.4 is 11.1 Å². The largest absolute Gasteiger partial charge is 0.409 e. The maximum Gasteiger partial charge on any atom is 0.224 e. The fraction of sp³-hybridized carbons (Fsp3) is 0.429. The van der Waals surface area contributed by atoms with Gasteiger partial charge in [0.05, 0.1) is 11.8 Å². The van der Waals surface area contributed by atoms with Crippen molar-refractivity contribution in [2.45, 2.75) is 31.8 Å². The fourth-order valence-electron chi connectivity index (χ4n) is 2.21. The molecular weight excluding hydrogens is 277 g/mol. The number of amides is 1. The predicted octanol–water partition coefficient (Wildman–Crippen LogP) is 1.82. The zero-order chi connectivity index (χ0) is 15.2. The lowest BCUT2D eigenvalue weighted by Gasteiger charge is -2.10. The fourth-order valence-corrected chi connectivity index (χ4v) is 2.21. The quantitative estimate of drug-likeness (QED) is 0.334. The third-order valence-electron chi connectivity index (χ3n) is 3.36. The van der Waals surface area contributed by atoms with Gasteiger partial charge in [-0.25, -0.2) is 4.39 Å². The van der Waals surface area contributed by atoms with Gasteiger partial charge in [-0.05, 0) is 37.5 Å². The molecular formula is C14H18FN3O3. The van der Waals surface area contributed by atoms with Crippen molar-refractivity contribution in [2.75, 3.05) is 11.9 Å². The van der Waals surface area contributed by atoms with E-state index in [-0.39, 0.29) is 35.5 Å². The number of carbonyl (C=O) groups excluding carboxylic acids is 1. The van der Waals surface area contributed by atoms with Crippen LogP contribution in [-0.4, -0.2) is 29.7 Å². The van der Waals surface area contributed by atoms with E-state index in [0.29, 0.717) is 6.42 Å². The van der Waals surface area contributed by atoms with Crippen molar-refractivity contribution in [1.82, 2.24) is 0 Å². The van der Waals surface area contributed by atoms with Crippen molar-refractivity contribution < 1.29 is 19.1 Å². The van der Waals surface area contributed by atoms with Crippen molar-refractivity contribution in [3.8, 4) is 0 Å². The van der Waals surface area contributed by atoms with Crippen molar-refractivity contribution in [1.29, 1.82) is 0 Å². The van der Waals surface area contributed by atoms with E-state index in [1.807, 2.05) is 0 Å². The Bertz CT molecular complexity index is 542. The van der Waals surface area contributed by atoms with E-state index in [0.717, 1.165) is 25.5 Å². The summed E-state index contributed by atoms with van der Waals surface area (Å²) in [6.07, 6.45) is 3.04. The second-order valence-corrected chi connectivity index (χ2v) is 4.90. The number of halogens is 1. The van der Waals surface area contributed by atoms with Crippen molar-refractivity contribution in [3.63, 3.8) is 0 Å². The van der Waals surface area contributed by atoms with Gasteiger partial charge >= 0.3 is 0 Å². The van der Waals surface area contributed by atoms with E-state index in [9.17, 15) is 9.18 Å². The topological polar surface area (TPSA) is 96.9 Å². The third kappa shape index (κ3) is 4.16. The molecule has 1 saturated heterocycles. The number of anilines is 1. The molecule has 1 unspecified atom stereocenters. The first-order valence-electron chi connectivity index (χ1n) is 6.79. The molecule has 6 nitrogen and oxygen atoms in total. The molecule has 0 aliphatic carbocycles.